The molecule has 0 saturated heterocycles. The third kappa shape index (κ3) is 1.69. The fourth-order valence-corrected chi connectivity index (χ4v) is 0.860. The Morgan fingerprint density at radius 1 is 1.54 bits per heavy atom. The van der Waals surface area contributed by atoms with Gasteiger partial charge in [-0.1, -0.05) is 6.58 Å². The zero-order valence-electron chi connectivity index (χ0n) is 7.46. The van der Waals surface area contributed by atoms with Gasteiger partial charge in [0.25, 0.3) is 0 Å². The second kappa shape index (κ2) is 3.75. The highest BCUT2D eigenvalue weighted by Crippen LogP contribution is 2.14. The summed E-state index contributed by atoms with van der Waals surface area (Å²) in [5, 5.41) is 0. The second-order valence-corrected chi connectivity index (χ2v) is 2.25. The lowest BCUT2D eigenvalue weighted by molar-refractivity contribution is 0.0594. The lowest BCUT2D eigenvalue weighted by Crippen LogP contribution is -2.05. The molecule has 0 spiro atoms. The van der Waals surface area contributed by atoms with Crippen molar-refractivity contribution in [3.63, 3.8) is 0 Å². The van der Waals surface area contributed by atoms with Crippen LogP contribution in [-0.2, 0) is 9.47 Å². The highest BCUT2D eigenvalue weighted by Gasteiger charge is 2.16. The van der Waals surface area contributed by atoms with Crippen LogP contribution in [0.3, 0.4) is 0 Å². The minimum atomic E-state index is -0.495. The second-order valence-electron chi connectivity index (χ2n) is 2.25. The molecule has 1 N–H and O–H groups in total. The molecule has 0 amide bonds. The Morgan fingerprint density at radius 2 is 2.23 bits per heavy atom. The number of ether oxygens (including phenoxy) is 2. The first kappa shape index (κ1) is 9.31. The van der Waals surface area contributed by atoms with E-state index in [2.05, 4.69) is 21.3 Å². The highest BCUT2D eigenvalue weighted by molar-refractivity contribution is 5.91. The Balaban J connectivity index is 3.02. The van der Waals surface area contributed by atoms with Crippen molar-refractivity contribution in [3.05, 3.63) is 24.3 Å². The van der Waals surface area contributed by atoms with E-state index in [9.17, 15) is 4.79 Å². The summed E-state index contributed by atoms with van der Waals surface area (Å²) in [4.78, 5) is 17.6. The minimum absolute atomic E-state index is 0.245. The molecule has 0 fully saturated rings. The number of hydrogen-bond acceptors (Lipinski definition) is 4. The number of carbonyl (C=O) groups is 1. The van der Waals surface area contributed by atoms with E-state index >= 15 is 0 Å². The molecule has 5 nitrogen and oxygen atoms in total. The molecular weight excluding hydrogens is 172 g/mol. The Labute approximate surface area is 75.4 Å². The molecule has 1 aromatic rings. The Kier molecular flexibility index (Phi) is 2.69. The predicted octanol–water partition coefficient (Wildman–Crippen LogP) is 0.813. The van der Waals surface area contributed by atoms with Crippen LogP contribution in [-0.4, -0.2) is 30.2 Å². The van der Waals surface area contributed by atoms with Crippen LogP contribution < -0.4 is 0 Å². The molecule has 70 valence electrons. The molecular formula is C8H10N2O3. The lowest BCUT2D eigenvalue weighted by Gasteiger charge is -2.02. The molecule has 0 bridgehead atoms. The third-order valence-corrected chi connectivity index (χ3v) is 1.54. The molecule has 1 heterocycles. The first-order chi connectivity index (χ1) is 6.20. The van der Waals surface area contributed by atoms with Gasteiger partial charge in [0, 0.05) is 0 Å². The van der Waals surface area contributed by atoms with Gasteiger partial charge in [-0.05, 0) is 0 Å². The average molecular weight is 182 g/mol. The predicted molar refractivity (Wildman–Crippen MR) is 46.0 cm³/mol. The Morgan fingerprint density at radius 3 is 2.77 bits per heavy atom. The zero-order valence-corrected chi connectivity index (χ0v) is 7.46. The minimum Gasteiger partial charge on any atom is -0.495 e. The molecule has 0 saturated carbocycles. The maximum Gasteiger partial charge on any atom is 0.356 e. The number of imidazole rings is 1. The number of carbonyl (C=O) groups excluding carboxylic acids is 1. The van der Waals surface area contributed by atoms with Gasteiger partial charge >= 0.3 is 5.97 Å². The van der Waals surface area contributed by atoms with Crippen molar-refractivity contribution < 1.29 is 14.3 Å². The van der Waals surface area contributed by atoms with Gasteiger partial charge in [-0.15, -0.1) is 0 Å². The largest absolute Gasteiger partial charge is 0.495 e. The van der Waals surface area contributed by atoms with E-state index in [0.717, 1.165) is 0 Å². The van der Waals surface area contributed by atoms with Crippen LogP contribution >= 0.6 is 0 Å². The van der Waals surface area contributed by atoms with Crippen LogP contribution in [0, 0.1) is 0 Å². The van der Waals surface area contributed by atoms with Crippen molar-refractivity contribution in [2.45, 2.75) is 0 Å². The van der Waals surface area contributed by atoms with E-state index in [1.54, 1.807) is 0 Å². The number of methoxy groups -OCH3 is 2. The van der Waals surface area contributed by atoms with Crippen molar-refractivity contribution in [2.75, 3.05) is 14.2 Å². The van der Waals surface area contributed by atoms with Crippen molar-refractivity contribution in [1.82, 2.24) is 9.97 Å². The smallest absolute Gasteiger partial charge is 0.356 e. The molecule has 1 rings (SSSR count). The zero-order chi connectivity index (χ0) is 9.84. The van der Waals surface area contributed by atoms with E-state index in [1.807, 2.05) is 0 Å². The first-order valence-corrected chi connectivity index (χ1v) is 3.55. The van der Waals surface area contributed by atoms with Crippen LogP contribution in [0.2, 0.25) is 0 Å². The Bertz CT molecular complexity index is 299. The lowest BCUT2D eigenvalue weighted by atomic mass is 10.3. The highest BCUT2D eigenvalue weighted by atomic mass is 16.5. The summed E-state index contributed by atoms with van der Waals surface area (Å²) in [7, 11) is 2.75. The van der Waals surface area contributed by atoms with Gasteiger partial charge in [0.15, 0.2) is 5.69 Å². The monoisotopic (exact) mass is 182 g/mol. The average Bonchev–Trinajstić information content (AvgIpc) is 2.63. The summed E-state index contributed by atoms with van der Waals surface area (Å²) in [6.07, 6.45) is 1.38. The fourth-order valence-electron chi connectivity index (χ4n) is 0.860. The van der Waals surface area contributed by atoms with Crippen LogP contribution in [0.15, 0.2) is 12.9 Å². The van der Waals surface area contributed by atoms with Crippen molar-refractivity contribution in [2.24, 2.45) is 0 Å². The number of H-pyrrole nitrogens is 1. The van der Waals surface area contributed by atoms with E-state index in [1.165, 1.54) is 20.5 Å². The van der Waals surface area contributed by atoms with Gasteiger partial charge in [-0.2, -0.15) is 0 Å². The van der Waals surface area contributed by atoms with Gasteiger partial charge in [0.1, 0.15) is 11.5 Å². The quantitative estimate of drug-likeness (QED) is 0.555. The number of esters is 1. The van der Waals surface area contributed by atoms with Crippen molar-refractivity contribution >= 4 is 11.7 Å². The maximum absolute atomic E-state index is 11.1. The van der Waals surface area contributed by atoms with Crippen molar-refractivity contribution in [3.8, 4) is 0 Å². The molecule has 0 aliphatic rings. The van der Waals surface area contributed by atoms with E-state index in [4.69, 9.17) is 4.74 Å². The molecule has 5 heteroatoms. The molecule has 0 radical (unpaired) electrons. The van der Waals surface area contributed by atoms with Gasteiger partial charge in [-0.25, -0.2) is 9.78 Å². The summed E-state index contributed by atoms with van der Waals surface area (Å²) in [6, 6.07) is 0. The van der Waals surface area contributed by atoms with Crippen molar-refractivity contribution in [1.29, 1.82) is 0 Å². The molecule has 0 aliphatic heterocycles. The van der Waals surface area contributed by atoms with Crippen LogP contribution in [0.25, 0.3) is 5.76 Å². The maximum atomic E-state index is 11.1. The van der Waals surface area contributed by atoms with Gasteiger partial charge in [0.2, 0.25) is 0 Å². The van der Waals surface area contributed by atoms with Crippen LogP contribution in [0.4, 0.5) is 0 Å². The summed E-state index contributed by atoms with van der Waals surface area (Å²) in [5.74, 6) is -0.174. The SMILES string of the molecule is C=C(OC)c1nc[nH]c1C(=O)OC. The third-order valence-electron chi connectivity index (χ3n) is 1.54. The summed E-state index contributed by atoms with van der Waals surface area (Å²) < 4.78 is 9.37. The fraction of sp³-hybridized carbons (Fsp3) is 0.250. The molecule has 0 atom stereocenters. The summed E-state index contributed by atoms with van der Waals surface area (Å²) >= 11 is 0. The van der Waals surface area contributed by atoms with Crippen LogP contribution in [0.1, 0.15) is 16.2 Å². The standard InChI is InChI=1S/C8H10N2O3/c1-5(12-2)6-7(8(11)13-3)10-4-9-6/h4H,1H2,2-3H3,(H,9,10). The van der Waals surface area contributed by atoms with Crippen LogP contribution in [0.5, 0.6) is 0 Å². The molecule has 0 aliphatic carbocycles. The van der Waals surface area contributed by atoms with E-state index in [-0.39, 0.29) is 5.69 Å². The number of aromatic nitrogens is 2. The first-order valence-electron chi connectivity index (χ1n) is 3.55. The molecule has 0 aromatic carbocycles. The number of rotatable bonds is 3. The number of nitrogens with zero attached hydrogens (tertiary/aromatic N) is 1. The van der Waals surface area contributed by atoms with E-state index < -0.39 is 5.97 Å². The van der Waals surface area contributed by atoms with Gasteiger partial charge in [-0.3, -0.25) is 0 Å². The van der Waals surface area contributed by atoms with Gasteiger partial charge < -0.3 is 14.5 Å². The summed E-state index contributed by atoms with van der Waals surface area (Å²) in [5.41, 5.74) is 0.615. The number of hydrogen-bond donors (Lipinski definition) is 1. The summed E-state index contributed by atoms with van der Waals surface area (Å²) in [6.45, 7) is 3.58. The molecule has 1 aromatic heterocycles. The normalized spacial score (nSPS) is 9.38. The Hall–Kier alpha value is -1.78. The number of nitrogens with one attached hydrogen (secondary N) is 1. The topological polar surface area (TPSA) is 64.2 Å². The molecule has 0 unspecified atom stereocenters. The molecule has 13 heavy (non-hydrogen) atoms. The number of aromatic amines is 1. The van der Waals surface area contributed by atoms with E-state index in [0.29, 0.717) is 11.5 Å². The van der Waals surface area contributed by atoms with Gasteiger partial charge in [0.05, 0.1) is 20.5 Å².